The van der Waals surface area contributed by atoms with Gasteiger partial charge in [0.05, 0.1) is 6.04 Å². The number of aryl methyl sites for hydroxylation is 1. The van der Waals surface area contributed by atoms with Gasteiger partial charge in [-0.05, 0) is 48.9 Å². The molecule has 1 amide bonds. The zero-order valence-corrected chi connectivity index (χ0v) is 19.5. The van der Waals surface area contributed by atoms with Crippen molar-refractivity contribution in [2.45, 2.75) is 38.6 Å². The highest BCUT2D eigenvalue weighted by Gasteiger charge is 2.33. The second-order valence-electron chi connectivity index (χ2n) is 8.81. The number of hydrogen-bond acceptors (Lipinski definition) is 4. The van der Waals surface area contributed by atoms with Crippen molar-refractivity contribution in [3.63, 3.8) is 0 Å². The van der Waals surface area contributed by atoms with Crippen LogP contribution in [0.5, 0.6) is 0 Å². The molecule has 1 aliphatic carbocycles. The van der Waals surface area contributed by atoms with E-state index < -0.39 is 0 Å². The fourth-order valence-electron chi connectivity index (χ4n) is 5.20. The van der Waals surface area contributed by atoms with E-state index in [0.29, 0.717) is 0 Å². The Labute approximate surface area is 194 Å². The van der Waals surface area contributed by atoms with Gasteiger partial charge in [0.15, 0.2) is 0 Å². The Morgan fingerprint density at radius 1 is 0.906 bits per heavy atom. The number of carbonyl (C=O) groups excluding carboxylic acids is 1. The number of fused-ring (bicyclic) bond motifs is 1. The number of amides is 1. The normalized spacial score (nSPS) is 17.6. The maximum absolute atomic E-state index is 12.1. The van der Waals surface area contributed by atoms with Gasteiger partial charge in [-0.25, -0.2) is 0 Å². The van der Waals surface area contributed by atoms with Gasteiger partial charge in [0.25, 0.3) is 0 Å². The van der Waals surface area contributed by atoms with Crippen molar-refractivity contribution in [2.24, 2.45) is 0 Å². The van der Waals surface area contributed by atoms with Crippen molar-refractivity contribution >= 4 is 27.9 Å². The maximum Gasteiger partial charge on any atom is 0.221 e. The summed E-state index contributed by atoms with van der Waals surface area (Å²) >= 11 is 1.81. The van der Waals surface area contributed by atoms with E-state index in [1.54, 1.807) is 18.3 Å². The van der Waals surface area contributed by atoms with Gasteiger partial charge in [0.2, 0.25) is 5.91 Å². The summed E-state index contributed by atoms with van der Waals surface area (Å²) < 4.78 is 0. The van der Waals surface area contributed by atoms with Crippen molar-refractivity contribution in [2.75, 3.05) is 36.4 Å². The second-order valence-corrected chi connectivity index (χ2v) is 9.91. The first kappa shape index (κ1) is 21.2. The van der Waals surface area contributed by atoms with Crippen LogP contribution in [0.1, 0.15) is 47.4 Å². The third-order valence-electron chi connectivity index (χ3n) is 6.69. The van der Waals surface area contributed by atoms with Crippen LogP contribution in [0.2, 0.25) is 0 Å². The monoisotopic (exact) mass is 445 g/mol. The van der Waals surface area contributed by atoms with Crippen LogP contribution in [0.25, 0.3) is 0 Å². The first-order valence-electron chi connectivity index (χ1n) is 11.7. The molecule has 2 heterocycles. The molecular formula is C27H31N3OS. The molecule has 1 aliphatic heterocycles. The first-order valence-corrected chi connectivity index (χ1v) is 12.5. The summed E-state index contributed by atoms with van der Waals surface area (Å²) in [4.78, 5) is 18.7. The number of anilines is 2. The highest BCUT2D eigenvalue weighted by atomic mass is 32.1. The third-order valence-corrected chi connectivity index (χ3v) is 7.91. The molecule has 0 radical (unpaired) electrons. The predicted octanol–water partition coefficient (Wildman–Crippen LogP) is 5.50. The molecule has 5 heteroatoms. The van der Waals surface area contributed by atoms with E-state index in [2.05, 4.69) is 75.8 Å². The minimum absolute atomic E-state index is 0.0190. The average Bonchev–Trinajstić information content (AvgIpc) is 3.18. The largest absolute Gasteiger partial charge is 0.369 e. The molecule has 1 N–H and O–H groups in total. The lowest BCUT2D eigenvalue weighted by molar-refractivity contribution is -0.114. The SMILES string of the molecule is CC(=O)Nc1sc2c(c1C(c1ccccc1)N1CCN(c3ccccc3)CC1)CCCC2. The Kier molecular flexibility index (Phi) is 6.28. The van der Waals surface area contributed by atoms with Crippen LogP contribution in [0.15, 0.2) is 60.7 Å². The zero-order valence-electron chi connectivity index (χ0n) is 18.7. The molecule has 0 saturated carbocycles. The van der Waals surface area contributed by atoms with Gasteiger partial charge < -0.3 is 10.2 Å². The second kappa shape index (κ2) is 9.47. The fraction of sp³-hybridized carbons (Fsp3) is 0.370. The summed E-state index contributed by atoms with van der Waals surface area (Å²) in [5, 5.41) is 4.26. The van der Waals surface area contributed by atoms with Crippen LogP contribution in [-0.4, -0.2) is 37.0 Å². The average molecular weight is 446 g/mol. The van der Waals surface area contributed by atoms with Gasteiger partial charge in [0, 0.05) is 49.2 Å². The van der Waals surface area contributed by atoms with Crippen LogP contribution in [-0.2, 0) is 17.6 Å². The van der Waals surface area contributed by atoms with Gasteiger partial charge in [-0.15, -0.1) is 11.3 Å². The fourth-order valence-corrected chi connectivity index (χ4v) is 6.57. The molecule has 3 aromatic rings. The highest BCUT2D eigenvalue weighted by Crippen LogP contribution is 2.45. The zero-order chi connectivity index (χ0) is 21.9. The van der Waals surface area contributed by atoms with Crippen molar-refractivity contribution in [1.82, 2.24) is 4.90 Å². The standard InChI is InChI=1S/C27H31N3OS/c1-20(31)28-27-25(23-14-8-9-15-24(23)32-27)26(21-10-4-2-5-11-21)30-18-16-29(17-19-30)22-12-6-3-7-13-22/h2-7,10-13,26H,8-9,14-19H2,1H3,(H,28,31). The van der Waals surface area contributed by atoms with Crippen molar-refractivity contribution in [3.8, 4) is 0 Å². The molecule has 0 spiro atoms. The lowest BCUT2D eigenvalue weighted by Gasteiger charge is -2.41. The Hall–Kier alpha value is -2.63. The molecule has 0 bridgehead atoms. The van der Waals surface area contributed by atoms with Gasteiger partial charge in [-0.2, -0.15) is 0 Å². The number of carbonyl (C=O) groups is 1. The number of hydrogen-bond donors (Lipinski definition) is 1. The molecule has 1 fully saturated rings. The molecule has 1 aromatic heterocycles. The molecule has 2 aliphatic rings. The van der Waals surface area contributed by atoms with E-state index >= 15 is 0 Å². The summed E-state index contributed by atoms with van der Waals surface area (Å²) in [6.45, 7) is 5.64. The molecule has 166 valence electrons. The molecule has 5 rings (SSSR count). The lowest BCUT2D eigenvalue weighted by Crippen LogP contribution is -2.48. The van der Waals surface area contributed by atoms with Gasteiger partial charge in [-0.3, -0.25) is 9.69 Å². The van der Waals surface area contributed by atoms with Crippen LogP contribution in [0, 0.1) is 0 Å². The quantitative estimate of drug-likeness (QED) is 0.563. The molecular weight excluding hydrogens is 414 g/mol. The number of nitrogens with zero attached hydrogens (tertiary/aromatic N) is 2. The van der Waals surface area contributed by atoms with Crippen LogP contribution >= 0.6 is 11.3 Å². The number of nitrogens with one attached hydrogen (secondary N) is 1. The Morgan fingerprint density at radius 3 is 2.25 bits per heavy atom. The number of para-hydroxylation sites is 1. The Bertz CT molecular complexity index is 1060. The summed E-state index contributed by atoms with van der Waals surface area (Å²) in [6.07, 6.45) is 4.74. The molecule has 1 unspecified atom stereocenters. The van der Waals surface area contributed by atoms with E-state index in [1.165, 1.54) is 40.1 Å². The van der Waals surface area contributed by atoms with Crippen LogP contribution in [0.3, 0.4) is 0 Å². The topological polar surface area (TPSA) is 35.6 Å². The minimum Gasteiger partial charge on any atom is -0.369 e. The van der Waals surface area contributed by atoms with E-state index in [0.717, 1.165) is 44.0 Å². The molecule has 32 heavy (non-hydrogen) atoms. The number of benzene rings is 2. The summed E-state index contributed by atoms with van der Waals surface area (Å²) in [6, 6.07) is 21.8. The highest BCUT2D eigenvalue weighted by molar-refractivity contribution is 7.16. The van der Waals surface area contributed by atoms with Crippen LogP contribution < -0.4 is 10.2 Å². The van der Waals surface area contributed by atoms with E-state index in [9.17, 15) is 4.79 Å². The van der Waals surface area contributed by atoms with Gasteiger partial charge >= 0.3 is 0 Å². The van der Waals surface area contributed by atoms with E-state index in [1.807, 2.05) is 0 Å². The van der Waals surface area contributed by atoms with Gasteiger partial charge in [0.1, 0.15) is 5.00 Å². The van der Waals surface area contributed by atoms with Crippen molar-refractivity contribution in [3.05, 3.63) is 82.2 Å². The Balaban J connectivity index is 1.51. The lowest BCUT2D eigenvalue weighted by atomic mass is 9.88. The number of rotatable bonds is 5. The van der Waals surface area contributed by atoms with Gasteiger partial charge in [-0.1, -0.05) is 48.5 Å². The molecule has 4 nitrogen and oxygen atoms in total. The number of thiophene rings is 1. The van der Waals surface area contributed by atoms with Crippen LogP contribution in [0.4, 0.5) is 10.7 Å². The van der Waals surface area contributed by atoms with E-state index in [4.69, 9.17) is 0 Å². The number of piperazine rings is 1. The smallest absolute Gasteiger partial charge is 0.221 e. The first-order chi connectivity index (χ1) is 15.7. The van der Waals surface area contributed by atoms with Crippen molar-refractivity contribution in [1.29, 1.82) is 0 Å². The Morgan fingerprint density at radius 2 is 1.56 bits per heavy atom. The van der Waals surface area contributed by atoms with Crippen molar-refractivity contribution < 1.29 is 4.79 Å². The molecule has 2 aromatic carbocycles. The molecule has 1 saturated heterocycles. The van der Waals surface area contributed by atoms with E-state index in [-0.39, 0.29) is 11.9 Å². The minimum atomic E-state index is 0.0190. The third kappa shape index (κ3) is 4.32. The summed E-state index contributed by atoms with van der Waals surface area (Å²) in [5.74, 6) is 0.0190. The summed E-state index contributed by atoms with van der Waals surface area (Å²) in [7, 11) is 0. The maximum atomic E-state index is 12.1. The summed E-state index contributed by atoms with van der Waals surface area (Å²) in [5.41, 5.74) is 5.46. The predicted molar refractivity (Wildman–Crippen MR) is 134 cm³/mol. The molecule has 1 atom stereocenters.